The number of carbonyl (C=O) groups is 1. The molecule has 1 rings (SSSR count). The van der Waals surface area contributed by atoms with E-state index in [9.17, 15) is 13.2 Å². The molecule has 7 heteroatoms. The van der Waals surface area contributed by atoms with Crippen LogP contribution >= 0.6 is 0 Å². The van der Waals surface area contributed by atoms with E-state index < -0.39 is 10.0 Å². The Morgan fingerprint density at radius 3 is 2.56 bits per heavy atom. The van der Waals surface area contributed by atoms with Gasteiger partial charge in [-0.05, 0) is 25.3 Å². The van der Waals surface area contributed by atoms with Crippen molar-refractivity contribution in [2.45, 2.75) is 25.7 Å². The van der Waals surface area contributed by atoms with Crippen LogP contribution in [-0.2, 0) is 14.8 Å². The summed E-state index contributed by atoms with van der Waals surface area (Å²) in [6.07, 6.45) is 5.20. The van der Waals surface area contributed by atoms with Crippen LogP contribution in [0, 0.1) is 11.8 Å². The summed E-state index contributed by atoms with van der Waals surface area (Å²) in [5, 5.41) is 2.77. The number of rotatable bonds is 6. The number of carbonyl (C=O) groups excluding carboxylic acids is 1. The summed E-state index contributed by atoms with van der Waals surface area (Å²) in [5.74, 6) is 0.254. The fraction of sp³-hybridized carbons (Fsp3) is 0.909. The zero-order valence-electron chi connectivity index (χ0n) is 10.8. The summed E-state index contributed by atoms with van der Waals surface area (Å²) in [4.78, 5) is 11.9. The lowest BCUT2D eigenvalue weighted by molar-refractivity contribution is -0.127. The minimum Gasteiger partial charge on any atom is -0.355 e. The van der Waals surface area contributed by atoms with E-state index in [0.29, 0.717) is 13.1 Å². The third-order valence-electron chi connectivity index (χ3n) is 3.34. The Labute approximate surface area is 109 Å². The molecule has 0 saturated heterocycles. The highest BCUT2D eigenvalue weighted by atomic mass is 32.2. The number of amides is 1. The average Bonchev–Trinajstić information content (AvgIpc) is 2.33. The molecule has 1 aliphatic rings. The van der Waals surface area contributed by atoms with E-state index in [2.05, 4.69) is 10.0 Å². The van der Waals surface area contributed by atoms with Gasteiger partial charge >= 0.3 is 0 Å². The van der Waals surface area contributed by atoms with Crippen molar-refractivity contribution in [2.24, 2.45) is 17.6 Å². The third kappa shape index (κ3) is 5.32. The second kappa shape index (κ2) is 7.06. The number of nitrogens with two attached hydrogens (primary N) is 1. The molecule has 6 nitrogen and oxygen atoms in total. The molecule has 1 aliphatic carbocycles. The Bertz CT molecular complexity index is 370. The van der Waals surface area contributed by atoms with Crippen LogP contribution in [-0.4, -0.2) is 40.2 Å². The van der Waals surface area contributed by atoms with Gasteiger partial charge in [0.1, 0.15) is 0 Å². The molecule has 1 saturated carbocycles. The van der Waals surface area contributed by atoms with Gasteiger partial charge in [0, 0.05) is 19.0 Å². The molecular formula is C11H23N3O3S. The molecule has 2 atom stereocenters. The van der Waals surface area contributed by atoms with Gasteiger partial charge in [0.15, 0.2) is 0 Å². The molecule has 0 heterocycles. The highest BCUT2D eigenvalue weighted by Gasteiger charge is 2.29. The fourth-order valence-electron chi connectivity index (χ4n) is 2.39. The van der Waals surface area contributed by atoms with Crippen LogP contribution in [0.3, 0.4) is 0 Å². The molecule has 0 aromatic carbocycles. The van der Waals surface area contributed by atoms with Crippen molar-refractivity contribution in [3.05, 3.63) is 0 Å². The molecule has 106 valence electrons. The lowest BCUT2D eigenvalue weighted by Crippen LogP contribution is -2.42. The topological polar surface area (TPSA) is 101 Å². The van der Waals surface area contributed by atoms with Crippen LogP contribution in [0.4, 0.5) is 0 Å². The van der Waals surface area contributed by atoms with Gasteiger partial charge in [0.25, 0.3) is 0 Å². The molecule has 1 fully saturated rings. The zero-order valence-corrected chi connectivity index (χ0v) is 11.6. The highest BCUT2D eigenvalue weighted by Crippen LogP contribution is 2.29. The van der Waals surface area contributed by atoms with E-state index in [0.717, 1.165) is 31.9 Å². The molecule has 0 aliphatic heterocycles. The van der Waals surface area contributed by atoms with Gasteiger partial charge in [-0.25, -0.2) is 13.1 Å². The smallest absolute Gasteiger partial charge is 0.223 e. The van der Waals surface area contributed by atoms with Crippen LogP contribution in [0.15, 0.2) is 0 Å². The van der Waals surface area contributed by atoms with Gasteiger partial charge in [0.2, 0.25) is 15.9 Å². The van der Waals surface area contributed by atoms with Crippen molar-refractivity contribution in [3.8, 4) is 0 Å². The maximum absolute atomic E-state index is 11.9. The van der Waals surface area contributed by atoms with Crippen molar-refractivity contribution in [1.82, 2.24) is 10.0 Å². The van der Waals surface area contributed by atoms with Crippen molar-refractivity contribution < 1.29 is 13.2 Å². The monoisotopic (exact) mass is 277 g/mol. The SMILES string of the molecule is CS(=O)(=O)NCCNC(=O)C1CCCCC1CN. The Morgan fingerprint density at radius 1 is 1.28 bits per heavy atom. The predicted molar refractivity (Wildman–Crippen MR) is 70.4 cm³/mol. The first-order chi connectivity index (χ1) is 8.44. The molecule has 0 bridgehead atoms. The van der Waals surface area contributed by atoms with Crippen LogP contribution in [0.1, 0.15) is 25.7 Å². The summed E-state index contributed by atoms with van der Waals surface area (Å²) < 4.78 is 24.0. The first-order valence-electron chi connectivity index (χ1n) is 6.36. The molecule has 4 N–H and O–H groups in total. The fourth-order valence-corrected chi connectivity index (χ4v) is 2.86. The first-order valence-corrected chi connectivity index (χ1v) is 8.25. The van der Waals surface area contributed by atoms with E-state index in [-0.39, 0.29) is 24.3 Å². The van der Waals surface area contributed by atoms with E-state index >= 15 is 0 Å². The second-order valence-electron chi connectivity index (χ2n) is 4.84. The van der Waals surface area contributed by atoms with Crippen LogP contribution in [0.5, 0.6) is 0 Å². The molecular weight excluding hydrogens is 254 g/mol. The Balaban J connectivity index is 2.31. The lowest BCUT2D eigenvalue weighted by Gasteiger charge is -2.29. The zero-order chi connectivity index (χ0) is 13.6. The van der Waals surface area contributed by atoms with Crippen molar-refractivity contribution in [2.75, 3.05) is 25.9 Å². The normalized spacial score (nSPS) is 24.8. The quantitative estimate of drug-likeness (QED) is 0.565. The van der Waals surface area contributed by atoms with E-state index in [1.165, 1.54) is 0 Å². The minimum atomic E-state index is -3.18. The van der Waals surface area contributed by atoms with Gasteiger partial charge < -0.3 is 11.1 Å². The van der Waals surface area contributed by atoms with E-state index in [1.54, 1.807) is 0 Å². The summed E-state index contributed by atoms with van der Waals surface area (Å²) >= 11 is 0. The molecule has 0 aromatic heterocycles. The van der Waals surface area contributed by atoms with Crippen LogP contribution < -0.4 is 15.8 Å². The van der Waals surface area contributed by atoms with Gasteiger partial charge in [-0.3, -0.25) is 4.79 Å². The molecule has 0 aromatic rings. The Morgan fingerprint density at radius 2 is 1.94 bits per heavy atom. The second-order valence-corrected chi connectivity index (χ2v) is 6.68. The number of nitrogens with one attached hydrogen (secondary N) is 2. The number of hydrogen-bond donors (Lipinski definition) is 3. The first kappa shape index (κ1) is 15.4. The maximum atomic E-state index is 11.9. The maximum Gasteiger partial charge on any atom is 0.223 e. The molecule has 1 amide bonds. The highest BCUT2D eigenvalue weighted by molar-refractivity contribution is 7.88. The lowest BCUT2D eigenvalue weighted by atomic mass is 9.79. The van der Waals surface area contributed by atoms with Gasteiger partial charge in [0.05, 0.1) is 6.26 Å². The molecule has 2 unspecified atom stereocenters. The predicted octanol–water partition coefficient (Wildman–Crippen LogP) is -0.583. The Hall–Kier alpha value is -0.660. The molecule has 0 spiro atoms. The van der Waals surface area contributed by atoms with Crippen molar-refractivity contribution >= 4 is 15.9 Å². The molecule has 0 radical (unpaired) electrons. The summed E-state index contributed by atoms with van der Waals surface area (Å²) in [6, 6.07) is 0. The van der Waals surface area contributed by atoms with Gasteiger partial charge in [-0.1, -0.05) is 12.8 Å². The van der Waals surface area contributed by atoms with Gasteiger partial charge in [-0.15, -0.1) is 0 Å². The summed E-state index contributed by atoms with van der Waals surface area (Å²) in [6.45, 7) is 1.09. The summed E-state index contributed by atoms with van der Waals surface area (Å²) in [5.41, 5.74) is 5.67. The van der Waals surface area contributed by atoms with E-state index in [4.69, 9.17) is 5.73 Å². The van der Waals surface area contributed by atoms with Gasteiger partial charge in [-0.2, -0.15) is 0 Å². The standard InChI is InChI=1S/C11H23N3O3S/c1-18(16,17)14-7-6-13-11(15)10-5-3-2-4-9(10)8-12/h9-10,14H,2-8,12H2,1H3,(H,13,15). The molecule has 18 heavy (non-hydrogen) atoms. The number of hydrogen-bond acceptors (Lipinski definition) is 4. The minimum absolute atomic E-state index is 0.000418. The third-order valence-corrected chi connectivity index (χ3v) is 4.07. The Kier molecular flexibility index (Phi) is 6.04. The van der Waals surface area contributed by atoms with Crippen LogP contribution in [0.25, 0.3) is 0 Å². The van der Waals surface area contributed by atoms with Crippen molar-refractivity contribution in [1.29, 1.82) is 0 Å². The van der Waals surface area contributed by atoms with E-state index in [1.807, 2.05) is 0 Å². The largest absolute Gasteiger partial charge is 0.355 e. The average molecular weight is 277 g/mol. The van der Waals surface area contributed by atoms with Crippen LogP contribution in [0.2, 0.25) is 0 Å². The summed E-state index contributed by atoms with van der Waals surface area (Å²) in [7, 11) is -3.18. The van der Waals surface area contributed by atoms with Crippen molar-refractivity contribution in [3.63, 3.8) is 0 Å². The number of sulfonamides is 1.